The smallest absolute Gasteiger partial charge is 0.254 e. The third kappa shape index (κ3) is 1.35. The van der Waals surface area contributed by atoms with Gasteiger partial charge in [0.1, 0.15) is 0 Å². The van der Waals surface area contributed by atoms with Crippen LogP contribution in [0.3, 0.4) is 0 Å². The summed E-state index contributed by atoms with van der Waals surface area (Å²) in [5.74, 6) is 0.209. The quantitative estimate of drug-likeness (QED) is 0.703. The Hall–Kier alpha value is -1.35. The predicted molar refractivity (Wildman–Crippen MR) is 62.4 cm³/mol. The van der Waals surface area contributed by atoms with Gasteiger partial charge >= 0.3 is 0 Å². The fourth-order valence-electron chi connectivity index (χ4n) is 2.85. The van der Waals surface area contributed by atoms with Gasteiger partial charge in [-0.3, -0.25) is 4.79 Å². The summed E-state index contributed by atoms with van der Waals surface area (Å²) >= 11 is 0. The maximum absolute atomic E-state index is 12.4. The number of nitrogens with zero attached hydrogens (tertiary/aromatic N) is 1. The number of piperazine rings is 1. The van der Waals surface area contributed by atoms with E-state index in [1.807, 2.05) is 18.2 Å². The van der Waals surface area contributed by atoms with Crippen LogP contribution in [0.4, 0.5) is 0 Å². The molecular formula is C13H16N2O. The lowest BCUT2D eigenvalue weighted by Gasteiger charge is -2.44. The van der Waals surface area contributed by atoms with Crippen molar-refractivity contribution < 1.29 is 4.79 Å². The van der Waals surface area contributed by atoms with Crippen LogP contribution in [-0.4, -0.2) is 36.0 Å². The summed E-state index contributed by atoms with van der Waals surface area (Å²) < 4.78 is 0. The molecule has 2 heterocycles. The second-order valence-corrected chi connectivity index (χ2v) is 4.73. The van der Waals surface area contributed by atoms with E-state index in [1.165, 1.54) is 5.56 Å². The maximum Gasteiger partial charge on any atom is 0.254 e. The van der Waals surface area contributed by atoms with E-state index in [2.05, 4.69) is 23.2 Å². The third-order valence-electron chi connectivity index (χ3n) is 3.63. The van der Waals surface area contributed by atoms with Crippen molar-refractivity contribution in [1.29, 1.82) is 0 Å². The van der Waals surface area contributed by atoms with Gasteiger partial charge < -0.3 is 10.2 Å². The number of nitrogens with one attached hydrogen (secondary N) is 1. The van der Waals surface area contributed by atoms with Gasteiger partial charge in [0.15, 0.2) is 0 Å². The summed E-state index contributed by atoms with van der Waals surface area (Å²) in [5.41, 5.74) is 2.09. The van der Waals surface area contributed by atoms with Crippen molar-refractivity contribution in [2.45, 2.75) is 25.4 Å². The van der Waals surface area contributed by atoms with Crippen LogP contribution in [-0.2, 0) is 6.42 Å². The first-order chi connectivity index (χ1) is 7.77. The van der Waals surface area contributed by atoms with E-state index in [0.29, 0.717) is 12.1 Å². The lowest BCUT2D eigenvalue weighted by Crippen LogP contribution is -2.60. The number of carbonyl (C=O) groups is 1. The van der Waals surface area contributed by atoms with Crippen molar-refractivity contribution in [2.75, 3.05) is 13.1 Å². The van der Waals surface area contributed by atoms with Gasteiger partial charge in [0.05, 0.1) is 0 Å². The second-order valence-electron chi connectivity index (χ2n) is 4.73. The van der Waals surface area contributed by atoms with Crippen LogP contribution >= 0.6 is 0 Å². The number of hydrogen-bond acceptors (Lipinski definition) is 2. The van der Waals surface area contributed by atoms with Crippen molar-refractivity contribution in [2.24, 2.45) is 0 Å². The molecule has 2 atom stereocenters. The average molecular weight is 216 g/mol. The number of hydrogen-bond donors (Lipinski definition) is 1. The van der Waals surface area contributed by atoms with Crippen LogP contribution in [0.2, 0.25) is 0 Å². The number of rotatable bonds is 0. The average Bonchev–Trinajstić information content (AvgIpc) is 2.29. The molecule has 0 saturated carbocycles. The summed E-state index contributed by atoms with van der Waals surface area (Å²) in [6.07, 6.45) is 0.985. The van der Waals surface area contributed by atoms with Crippen LogP contribution in [0.1, 0.15) is 22.8 Å². The Kier molecular flexibility index (Phi) is 2.21. The Morgan fingerprint density at radius 1 is 1.31 bits per heavy atom. The van der Waals surface area contributed by atoms with Gasteiger partial charge in [-0.2, -0.15) is 0 Å². The van der Waals surface area contributed by atoms with E-state index in [9.17, 15) is 4.79 Å². The first-order valence-electron chi connectivity index (χ1n) is 5.88. The standard InChI is InChI=1S/C13H16N2O/c1-9-7-14-8-11-6-10-4-2-3-5-12(10)13(16)15(9)11/h2-5,9,11,14H,6-8H2,1H3/t9?,11-/m0/s1. The first kappa shape index (κ1) is 9.85. The molecule has 3 rings (SSSR count). The molecule has 1 aromatic rings. The van der Waals surface area contributed by atoms with Crippen molar-refractivity contribution in [1.82, 2.24) is 10.2 Å². The molecule has 1 amide bonds. The Labute approximate surface area is 95.4 Å². The minimum atomic E-state index is 0.209. The van der Waals surface area contributed by atoms with Gasteiger partial charge in [-0.25, -0.2) is 0 Å². The second kappa shape index (κ2) is 3.59. The van der Waals surface area contributed by atoms with E-state index in [0.717, 1.165) is 25.1 Å². The van der Waals surface area contributed by atoms with Crippen LogP contribution in [0, 0.1) is 0 Å². The molecule has 2 aliphatic heterocycles. The Morgan fingerprint density at radius 2 is 2.12 bits per heavy atom. The number of amides is 1. The molecule has 1 unspecified atom stereocenters. The minimum absolute atomic E-state index is 0.209. The van der Waals surface area contributed by atoms with Crippen LogP contribution < -0.4 is 5.32 Å². The van der Waals surface area contributed by atoms with Gasteiger partial charge in [0.2, 0.25) is 0 Å². The molecule has 3 heteroatoms. The fraction of sp³-hybridized carbons (Fsp3) is 0.462. The first-order valence-corrected chi connectivity index (χ1v) is 5.88. The third-order valence-corrected chi connectivity index (χ3v) is 3.63. The highest BCUT2D eigenvalue weighted by Gasteiger charge is 2.36. The normalized spacial score (nSPS) is 28.6. The van der Waals surface area contributed by atoms with E-state index in [1.54, 1.807) is 0 Å². The molecule has 0 aliphatic carbocycles. The zero-order valence-corrected chi connectivity index (χ0v) is 9.44. The van der Waals surface area contributed by atoms with Gasteiger partial charge in [-0.1, -0.05) is 18.2 Å². The molecular weight excluding hydrogens is 200 g/mol. The SMILES string of the molecule is CC1CNC[C@@H]2Cc3ccccc3C(=O)N12. The van der Waals surface area contributed by atoms with Crippen LogP contribution in [0.15, 0.2) is 24.3 Å². The van der Waals surface area contributed by atoms with E-state index >= 15 is 0 Å². The highest BCUT2D eigenvalue weighted by molar-refractivity contribution is 5.97. The topological polar surface area (TPSA) is 32.3 Å². The van der Waals surface area contributed by atoms with Gasteiger partial charge in [-0.05, 0) is 25.0 Å². The molecule has 0 bridgehead atoms. The van der Waals surface area contributed by atoms with Gasteiger partial charge in [-0.15, -0.1) is 0 Å². The number of benzene rings is 1. The van der Waals surface area contributed by atoms with E-state index in [4.69, 9.17) is 0 Å². The number of fused-ring (bicyclic) bond motifs is 2. The Morgan fingerprint density at radius 3 is 3.00 bits per heavy atom. The monoisotopic (exact) mass is 216 g/mol. The molecule has 16 heavy (non-hydrogen) atoms. The fourth-order valence-corrected chi connectivity index (χ4v) is 2.85. The van der Waals surface area contributed by atoms with Crippen molar-refractivity contribution in [3.63, 3.8) is 0 Å². The lowest BCUT2D eigenvalue weighted by atomic mass is 9.90. The highest BCUT2D eigenvalue weighted by Crippen LogP contribution is 2.26. The summed E-state index contributed by atoms with van der Waals surface area (Å²) in [6.45, 7) is 3.94. The Balaban J connectivity index is 2.03. The zero-order valence-electron chi connectivity index (χ0n) is 9.44. The molecule has 0 aromatic heterocycles. The number of carbonyl (C=O) groups excluding carboxylic acids is 1. The molecule has 0 radical (unpaired) electrons. The molecule has 1 saturated heterocycles. The molecule has 0 spiro atoms. The molecule has 1 fully saturated rings. The predicted octanol–water partition coefficient (Wildman–Crippen LogP) is 1.05. The van der Waals surface area contributed by atoms with Gasteiger partial charge in [0.25, 0.3) is 5.91 Å². The molecule has 1 N–H and O–H groups in total. The minimum Gasteiger partial charge on any atom is -0.330 e. The molecule has 1 aromatic carbocycles. The summed E-state index contributed by atoms with van der Waals surface area (Å²) in [4.78, 5) is 14.4. The van der Waals surface area contributed by atoms with Crippen LogP contribution in [0.5, 0.6) is 0 Å². The van der Waals surface area contributed by atoms with Crippen molar-refractivity contribution in [3.05, 3.63) is 35.4 Å². The lowest BCUT2D eigenvalue weighted by molar-refractivity contribution is 0.0483. The largest absolute Gasteiger partial charge is 0.330 e. The summed E-state index contributed by atoms with van der Waals surface area (Å²) in [7, 11) is 0. The Bertz CT molecular complexity index is 430. The molecule has 84 valence electrons. The summed E-state index contributed by atoms with van der Waals surface area (Å²) in [6, 6.07) is 8.63. The highest BCUT2D eigenvalue weighted by atomic mass is 16.2. The summed E-state index contributed by atoms with van der Waals surface area (Å²) in [5, 5.41) is 3.39. The van der Waals surface area contributed by atoms with E-state index in [-0.39, 0.29) is 5.91 Å². The van der Waals surface area contributed by atoms with Crippen molar-refractivity contribution >= 4 is 5.91 Å². The van der Waals surface area contributed by atoms with E-state index < -0.39 is 0 Å². The molecule has 2 aliphatic rings. The van der Waals surface area contributed by atoms with Gasteiger partial charge in [0, 0.05) is 30.7 Å². The zero-order chi connectivity index (χ0) is 11.1. The molecule has 3 nitrogen and oxygen atoms in total. The van der Waals surface area contributed by atoms with Crippen molar-refractivity contribution in [3.8, 4) is 0 Å². The van der Waals surface area contributed by atoms with Crippen LogP contribution in [0.25, 0.3) is 0 Å². The maximum atomic E-state index is 12.4.